The maximum atomic E-state index is 12.1. The molecule has 0 bridgehead atoms. The van der Waals surface area contributed by atoms with E-state index in [9.17, 15) is 9.59 Å². The molecule has 0 saturated carbocycles. The van der Waals surface area contributed by atoms with Crippen LogP contribution in [0, 0.1) is 0 Å². The summed E-state index contributed by atoms with van der Waals surface area (Å²) in [6, 6.07) is 12.1. The van der Waals surface area contributed by atoms with Crippen molar-refractivity contribution in [3.63, 3.8) is 0 Å². The zero-order chi connectivity index (χ0) is 18.9. The van der Waals surface area contributed by atoms with E-state index >= 15 is 0 Å². The first-order chi connectivity index (χ1) is 12.5. The van der Waals surface area contributed by atoms with Crippen molar-refractivity contribution in [1.82, 2.24) is 0 Å². The van der Waals surface area contributed by atoms with Gasteiger partial charge in [-0.05, 0) is 36.2 Å². The number of carboxylic acids is 1. The molecule has 0 unspecified atom stereocenters. The molecule has 0 spiro atoms. The van der Waals surface area contributed by atoms with Crippen molar-refractivity contribution in [3.8, 4) is 17.2 Å². The van der Waals surface area contributed by atoms with Crippen LogP contribution in [0.15, 0.2) is 42.5 Å². The van der Waals surface area contributed by atoms with Gasteiger partial charge >= 0.3 is 5.97 Å². The normalized spacial score (nSPS) is 10.1. The monoisotopic (exact) mass is 359 g/mol. The molecule has 7 nitrogen and oxygen atoms in total. The molecule has 2 aromatic carbocycles. The van der Waals surface area contributed by atoms with E-state index in [1.807, 2.05) is 12.1 Å². The van der Waals surface area contributed by atoms with E-state index in [0.717, 1.165) is 5.56 Å². The van der Waals surface area contributed by atoms with E-state index in [1.54, 1.807) is 44.6 Å². The Kier molecular flexibility index (Phi) is 6.84. The van der Waals surface area contributed by atoms with Gasteiger partial charge in [-0.3, -0.25) is 4.79 Å². The van der Waals surface area contributed by atoms with Crippen LogP contribution in [0.5, 0.6) is 17.2 Å². The van der Waals surface area contributed by atoms with Gasteiger partial charge in [-0.25, -0.2) is 4.79 Å². The average molecular weight is 359 g/mol. The SMILES string of the molecule is COc1ccc(CCC(=O)Nc2cccc(OCC(=O)O)c2)cc1OC. The van der Waals surface area contributed by atoms with Crippen LogP contribution < -0.4 is 19.5 Å². The van der Waals surface area contributed by atoms with Crippen LogP contribution in [-0.2, 0) is 16.0 Å². The van der Waals surface area contributed by atoms with Crippen LogP contribution in [0.4, 0.5) is 5.69 Å². The van der Waals surface area contributed by atoms with Crippen LogP contribution in [0.1, 0.15) is 12.0 Å². The number of aryl methyl sites for hydroxylation is 1. The minimum absolute atomic E-state index is 0.157. The van der Waals surface area contributed by atoms with Crippen molar-refractivity contribution in [3.05, 3.63) is 48.0 Å². The fraction of sp³-hybridized carbons (Fsp3) is 0.263. The number of anilines is 1. The van der Waals surface area contributed by atoms with Gasteiger partial charge in [0.1, 0.15) is 5.75 Å². The maximum Gasteiger partial charge on any atom is 0.341 e. The highest BCUT2D eigenvalue weighted by atomic mass is 16.5. The number of carboxylic acid groups (broad SMARTS) is 1. The molecule has 2 rings (SSSR count). The molecule has 2 aromatic rings. The van der Waals surface area contributed by atoms with Crippen molar-refractivity contribution < 1.29 is 28.9 Å². The second-order valence-electron chi connectivity index (χ2n) is 5.45. The highest BCUT2D eigenvalue weighted by Gasteiger charge is 2.08. The molecule has 0 radical (unpaired) electrons. The molecule has 0 aromatic heterocycles. The zero-order valence-electron chi connectivity index (χ0n) is 14.7. The van der Waals surface area contributed by atoms with Crippen LogP contribution >= 0.6 is 0 Å². The lowest BCUT2D eigenvalue weighted by molar-refractivity contribution is -0.139. The molecule has 0 saturated heterocycles. The fourth-order valence-corrected chi connectivity index (χ4v) is 2.33. The summed E-state index contributed by atoms with van der Waals surface area (Å²) in [5.74, 6) is 0.419. The molecular weight excluding hydrogens is 338 g/mol. The van der Waals surface area contributed by atoms with Crippen molar-refractivity contribution in [2.75, 3.05) is 26.1 Å². The topological polar surface area (TPSA) is 94.1 Å². The molecule has 0 aliphatic carbocycles. The van der Waals surface area contributed by atoms with Gasteiger partial charge in [0.25, 0.3) is 0 Å². The number of nitrogens with one attached hydrogen (secondary N) is 1. The van der Waals surface area contributed by atoms with Gasteiger partial charge in [0.05, 0.1) is 14.2 Å². The van der Waals surface area contributed by atoms with E-state index < -0.39 is 12.6 Å². The summed E-state index contributed by atoms with van der Waals surface area (Å²) < 4.78 is 15.5. The number of methoxy groups -OCH3 is 2. The minimum atomic E-state index is -1.06. The number of hydrogen-bond acceptors (Lipinski definition) is 5. The van der Waals surface area contributed by atoms with Crippen LogP contribution in [0.25, 0.3) is 0 Å². The third-order valence-electron chi connectivity index (χ3n) is 3.57. The van der Waals surface area contributed by atoms with Crippen LogP contribution in [-0.4, -0.2) is 37.8 Å². The summed E-state index contributed by atoms with van der Waals surface area (Å²) in [6.45, 7) is -0.434. The second-order valence-corrected chi connectivity index (χ2v) is 5.45. The van der Waals surface area contributed by atoms with E-state index in [0.29, 0.717) is 29.4 Å². The van der Waals surface area contributed by atoms with Gasteiger partial charge in [0, 0.05) is 18.2 Å². The lowest BCUT2D eigenvalue weighted by Gasteiger charge is -2.10. The van der Waals surface area contributed by atoms with Crippen molar-refractivity contribution >= 4 is 17.6 Å². The predicted octanol–water partition coefficient (Wildman–Crippen LogP) is 2.74. The minimum Gasteiger partial charge on any atom is -0.493 e. The van der Waals surface area contributed by atoms with Crippen molar-refractivity contribution in [1.29, 1.82) is 0 Å². The molecular formula is C19H21NO6. The molecule has 138 valence electrons. The quantitative estimate of drug-likeness (QED) is 0.715. The smallest absolute Gasteiger partial charge is 0.341 e. The number of carbonyl (C=O) groups excluding carboxylic acids is 1. The van der Waals surface area contributed by atoms with Gasteiger partial charge < -0.3 is 24.6 Å². The Morgan fingerprint density at radius 1 is 1.04 bits per heavy atom. The molecule has 7 heteroatoms. The van der Waals surface area contributed by atoms with E-state index in [1.165, 1.54) is 0 Å². The summed E-state index contributed by atoms with van der Waals surface area (Å²) in [4.78, 5) is 22.7. The Hall–Kier alpha value is -3.22. The first kappa shape index (κ1) is 19.1. The lowest BCUT2D eigenvalue weighted by atomic mass is 10.1. The zero-order valence-corrected chi connectivity index (χ0v) is 14.7. The summed E-state index contributed by atoms with van der Waals surface area (Å²) in [7, 11) is 3.13. The molecule has 0 heterocycles. The Balaban J connectivity index is 1.91. The van der Waals surface area contributed by atoms with E-state index in [4.69, 9.17) is 19.3 Å². The summed E-state index contributed by atoms with van der Waals surface area (Å²) in [5, 5.41) is 11.4. The number of rotatable bonds is 9. The molecule has 0 aliphatic heterocycles. The van der Waals surface area contributed by atoms with E-state index in [2.05, 4.69) is 5.32 Å². The fourth-order valence-electron chi connectivity index (χ4n) is 2.33. The Labute approximate surface area is 151 Å². The largest absolute Gasteiger partial charge is 0.493 e. The molecule has 0 fully saturated rings. The summed E-state index contributed by atoms with van der Waals surface area (Å²) in [5.41, 5.74) is 1.50. The molecule has 0 atom stereocenters. The van der Waals surface area contributed by atoms with Gasteiger partial charge in [0.2, 0.25) is 5.91 Å². The number of hydrogen-bond donors (Lipinski definition) is 2. The summed E-state index contributed by atoms with van der Waals surface area (Å²) >= 11 is 0. The second kappa shape index (κ2) is 9.31. The van der Waals surface area contributed by atoms with Gasteiger partial charge in [0.15, 0.2) is 18.1 Å². The first-order valence-electron chi connectivity index (χ1n) is 7.97. The van der Waals surface area contributed by atoms with Gasteiger partial charge in [-0.15, -0.1) is 0 Å². The molecule has 0 aliphatic rings. The maximum absolute atomic E-state index is 12.1. The summed E-state index contributed by atoms with van der Waals surface area (Å²) in [6.07, 6.45) is 0.830. The third kappa shape index (κ3) is 5.70. The molecule has 1 amide bonds. The number of amides is 1. The van der Waals surface area contributed by atoms with Crippen molar-refractivity contribution in [2.45, 2.75) is 12.8 Å². The van der Waals surface area contributed by atoms with E-state index in [-0.39, 0.29) is 12.3 Å². The van der Waals surface area contributed by atoms with Gasteiger partial charge in [-0.1, -0.05) is 12.1 Å². The predicted molar refractivity (Wildman–Crippen MR) is 96.1 cm³/mol. The Bertz CT molecular complexity index is 774. The third-order valence-corrected chi connectivity index (χ3v) is 3.57. The highest BCUT2D eigenvalue weighted by Crippen LogP contribution is 2.28. The van der Waals surface area contributed by atoms with Crippen LogP contribution in [0.2, 0.25) is 0 Å². The standard InChI is InChI=1S/C19H21NO6/c1-24-16-8-6-13(10-17(16)25-2)7-9-18(21)20-14-4-3-5-15(11-14)26-12-19(22)23/h3-6,8,10-11H,7,9,12H2,1-2H3,(H,20,21)(H,22,23). The highest BCUT2D eigenvalue weighted by molar-refractivity contribution is 5.91. The number of ether oxygens (including phenoxy) is 3. The number of carbonyl (C=O) groups is 2. The number of aliphatic carboxylic acids is 1. The number of benzene rings is 2. The molecule has 2 N–H and O–H groups in total. The van der Waals surface area contributed by atoms with Gasteiger partial charge in [-0.2, -0.15) is 0 Å². The Morgan fingerprint density at radius 2 is 1.81 bits per heavy atom. The Morgan fingerprint density at radius 3 is 2.50 bits per heavy atom. The van der Waals surface area contributed by atoms with Crippen LogP contribution in [0.3, 0.4) is 0 Å². The average Bonchev–Trinajstić information content (AvgIpc) is 2.64. The van der Waals surface area contributed by atoms with Crippen molar-refractivity contribution in [2.24, 2.45) is 0 Å². The first-order valence-corrected chi connectivity index (χ1v) is 7.97. The molecule has 26 heavy (non-hydrogen) atoms. The lowest BCUT2D eigenvalue weighted by Crippen LogP contribution is -2.13.